The molecule has 0 bridgehead atoms. The van der Waals surface area contributed by atoms with Gasteiger partial charge in [0.25, 0.3) is 0 Å². The Balaban J connectivity index is 1.11. The number of hydrogen-bond donors (Lipinski definition) is 0. The fourth-order valence-electron chi connectivity index (χ4n) is 13.1. The van der Waals surface area contributed by atoms with Gasteiger partial charge in [-0.3, -0.25) is 0 Å². The highest BCUT2D eigenvalue weighted by molar-refractivity contribution is 6.90. The van der Waals surface area contributed by atoms with E-state index in [1.165, 1.54) is 110 Å². The average molecular weight is 941 g/mol. The highest BCUT2D eigenvalue weighted by atomic mass is 16.3. The number of fused-ring (bicyclic) bond motifs is 13. The minimum absolute atomic E-state index is 0.175. The number of furan rings is 1. The van der Waals surface area contributed by atoms with E-state index in [-0.39, 0.29) is 6.85 Å². The lowest BCUT2D eigenvalue weighted by Gasteiger charge is -2.41. The molecule has 4 heterocycles. The molecule has 16 rings (SSSR count). The van der Waals surface area contributed by atoms with E-state index in [0.29, 0.717) is 0 Å². The van der Waals surface area contributed by atoms with Gasteiger partial charge in [0.05, 0.1) is 0 Å². The van der Waals surface area contributed by atoms with Gasteiger partial charge in [0.15, 0.2) is 0 Å². The van der Waals surface area contributed by atoms with Crippen molar-refractivity contribution in [1.29, 1.82) is 0 Å². The molecule has 0 saturated carbocycles. The van der Waals surface area contributed by atoms with Crippen molar-refractivity contribution in [2.45, 2.75) is 12.8 Å². The Labute approximate surface area is 428 Å². The van der Waals surface area contributed by atoms with Crippen LogP contribution in [0.5, 0.6) is 0 Å². The van der Waals surface area contributed by atoms with Crippen molar-refractivity contribution in [3.05, 3.63) is 271 Å². The van der Waals surface area contributed by atoms with E-state index >= 15 is 0 Å². The van der Waals surface area contributed by atoms with Crippen LogP contribution in [0.2, 0.25) is 0 Å². The lowest BCUT2D eigenvalue weighted by molar-refractivity contribution is 0.669. The first kappa shape index (κ1) is 41.3. The van der Waals surface area contributed by atoms with Gasteiger partial charge in [-0.25, -0.2) is 0 Å². The number of para-hydroxylation sites is 3. The number of aromatic nitrogens is 1. The maximum Gasteiger partial charge on any atom is 0.333 e. The molecule has 12 aromatic carbocycles. The van der Waals surface area contributed by atoms with Crippen molar-refractivity contribution in [3.8, 4) is 33.4 Å². The van der Waals surface area contributed by atoms with E-state index in [4.69, 9.17) is 4.42 Å². The lowest BCUT2D eigenvalue weighted by Crippen LogP contribution is -2.56. The first-order valence-corrected chi connectivity index (χ1v) is 25.9. The first-order valence-electron chi connectivity index (χ1n) is 25.9. The summed E-state index contributed by atoms with van der Waals surface area (Å²) in [4.78, 5) is 2.60. The quantitative estimate of drug-likeness (QED) is 0.117. The molecule has 0 saturated heterocycles. The molecule has 0 unspecified atom stereocenters. The summed E-state index contributed by atoms with van der Waals surface area (Å²) in [6.45, 7) is -0.175. The molecular weight excluding hydrogens is 896 g/mol. The molecular formula is C70H45BN2O. The van der Waals surface area contributed by atoms with Crippen LogP contribution >= 0.6 is 0 Å². The zero-order valence-electron chi connectivity index (χ0n) is 40.5. The molecule has 74 heavy (non-hydrogen) atoms. The van der Waals surface area contributed by atoms with Crippen molar-refractivity contribution in [1.82, 2.24) is 4.48 Å². The highest BCUT2D eigenvalue weighted by Gasteiger charge is 2.45. The average Bonchev–Trinajstić information content (AvgIpc) is 4.06. The van der Waals surface area contributed by atoms with E-state index in [2.05, 4.69) is 258 Å². The summed E-state index contributed by atoms with van der Waals surface area (Å²) in [6.07, 6.45) is 1.60. The molecule has 14 aromatic rings. The molecule has 0 atom stereocenters. The van der Waals surface area contributed by atoms with Gasteiger partial charge < -0.3 is 13.8 Å². The lowest BCUT2D eigenvalue weighted by atomic mass is 9.44. The molecule has 0 amide bonds. The molecule has 0 N–H and O–H groups in total. The smallest absolute Gasteiger partial charge is 0.333 e. The minimum atomic E-state index is -0.175. The second kappa shape index (κ2) is 16.1. The van der Waals surface area contributed by atoms with Crippen molar-refractivity contribution < 1.29 is 4.42 Å². The number of anilines is 3. The Kier molecular flexibility index (Phi) is 8.96. The summed E-state index contributed by atoms with van der Waals surface area (Å²) in [5, 5.41) is 10.0. The maximum atomic E-state index is 7.06. The Bertz CT molecular complexity index is 4540. The first-order chi connectivity index (χ1) is 36.7. The van der Waals surface area contributed by atoms with Crippen LogP contribution in [0.3, 0.4) is 0 Å². The van der Waals surface area contributed by atoms with Crippen molar-refractivity contribution in [2.75, 3.05) is 4.90 Å². The minimum Gasteiger partial charge on any atom is -0.456 e. The standard InChI is InChI=1S/C70H45BN2O/c1-5-20-44(21-6-1)36-57-51-28-13-14-29-52(51)58(37-45-22-7-2-8-23-45)60-42-63-61(41-59(57)60)71-69-64(72(63)50-39-48(46-24-9-3-10-25-46)38-49(40-50)47-26-11-4-12-27-47)43-66-67(55-31-16-18-35-65(55)74-66)68(69)56-33-19-32-54-53-30-15-17-34-62(53)73(71)70(54)56/h1-35,38-43H,36-37H2. The summed E-state index contributed by atoms with van der Waals surface area (Å²) < 4.78 is 9.76. The van der Waals surface area contributed by atoms with Crippen LogP contribution in [-0.2, 0) is 12.8 Å². The fraction of sp³-hybridized carbons (Fsp3) is 0.0286. The van der Waals surface area contributed by atoms with Crippen LogP contribution in [0.4, 0.5) is 17.1 Å². The topological polar surface area (TPSA) is 21.3 Å². The summed E-state index contributed by atoms with van der Waals surface area (Å²) in [6, 6.07) is 92.4. The van der Waals surface area contributed by atoms with Gasteiger partial charge in [0, 0.05) is 61.3 Å². The zero-order chi connectivity index (χ0) is 48.4. The molecule has 4 heteroatoms. The third kappa shape index (κ3) is 6.09. The molecule has 2 aliphatic heterocycles. The second-order valence-corrected chi connectivity index (χ2v) is 20.3. The molecule has 0 aliphatic carbocycles. The normalized spacial score (nSPS) is 12.6. The van der Waals surface area contributed by atoms with Crippen LogP contribution in [-0.4, -0.2) is 11.3 Å². The van der Waals surface area contributed by atoms with E-state index < -0.39 is 0 Å². The third-order valence-electron chi connectivity index (χ3n) is 16.2. The van der Waals surface area contributed by atoms with Gasteiger partial charge >= 0.3 is 6.85 Å². The van der Waals surface area contributed by atoms with Gasteiger partial charge in [-0.05, 0) is 132 Å². The van der Waals surface area contributed by atoms with Crippen LogP contribution in [0.1, 0.15) is 22.3 Å². The summed E-state index contributed by atoms with van der Waals surface area (Å²) >= 11 is 0. The van der Waals surface area contributed by atoms with Gasteiger partial charge in [0.2, 0.25) is 0 Å². The summed E-state index contributed by atoms with van der Waals surface area (Å²) in [5.41, 5.74) is 22.7. The number of hydrogen-bond acceptors (Lipinski definition) is 2. The highest BCUT2D eigenvalue weighted by Crippen LogP contribution is 2.51. The van der Waals surface area contributed by atoms with Gasteiger partial charge in [-0.1, -0.05) is 206 Å². The molecule has 0 fully saturated rings. The van der Waals surface area contributed by atoms with Gasteiger partial charge in [-0.15, -0.1) is 0 Å². The predicted molar refractivity (Wildman–Crippen MR) is 312 cm³/mol. The largest absolute Gasteiger partial charge is 0.456 e. The van der Waals surface area contributed by atoms with Crippen molar-refractivity contribution in [2.24, 2.45) is 0 Å². The Morgan fingerprint density at radius 1 is 0.378 bits per heavy atom. The Morgan fingerprint density at radius 3 is 1.57 bits per heavy atom. The monoisotopic (exact) mass is 940 g/mol. The predicted octanol–water partition coefficient (Wildman–Crippen LogP) is 16.9. The molecule has 2 aromatic heterocycles. The third-order valence-corrected chi connectivity index (χ3v) is 16.2. The van der Waals surface area contributed by atoms with Crippen LogP contribution in [0.15, 0.2) is 253 Å². The molecule has 2 aliphatic rings. The second-order valence-electron chi connectivity index (χ2n) is 20.3. The number of nitrogens with zero attached hydrogens (tertiary/aromatic N) is 2. The zero-order valence-corrected chi connectivity index (χ0v) is 40.5. The van der Waals surface area contributed by atoms with Crippen molar-refractivity contribution >= 4 is 100 Å². The number of benzene rings is 12. The van der Waals surface area contributed by atoms with Gasteiger partial charge in [0.1, 0.15) is 11.2 Å². The molecule has 0 spiro atoms. The van der Waals surface area contributed by atoms with E-state index in [1.807, 2.05) is 0 Å². The van der Waals surface area contributed by atoms with Crippen LogP contribution in [0.25, 0.3) is 98.7 Å². The van der Waals surface area contributed by atoms with Crippen LogP contribution in [0, 0.1) is 0 Å². The SMILES string of the molecule is c1ccc(Cc2c3ccccc3c(Cc3ccccc3)c3cc4c(cc23)B2c3c(cc5oc6ccccc6c5c3-c3cccc5c6ccccc6n2c35)N4c2cc(-c3ccccc3)cc(-c3ccccc3)c2)cc1. The molecule has 0 radical (unpaired) electrons. The summed E-state index contributed by atoms with van der Waals surface area (Å²) in [7, 11) is 0. The number of rotatable bonds is 7. The van der Waals surface area contributed by atoms with Gasteiger partial charge in [-0.2, -0.15) is 0 Å². The van der Waals surface area contributed by atoms with E-state index in [9.17, 15) is 0 Å². The molecule has 3 nitrogen and oxygen atoms in total. The van der Waals surface area contributed by atoms with Crippen molar-refractivity contribution in [3.63, 3.8) is 0 Å². The fourth-order valence-corrected chi connectivity index (χ4v) is 13.1. The summed E-state index contributed by atoms with van der Waals surface area (Å²) in [5.74, 6) is 0. The molecule has 344 valence electrons. The van der Waals surface area contributed by atoms with Crippen LogP contribution < -0.4 is 15.8 Å². The Morgan fingerprint density at radius 2 is 0.919 bits per heavy atom. The van der Waals surface area contributed by atoms with E-state index in [0.717, 1.165) is 51.9 Å². The Hall–Kier alpha value is -9.38. The maximum absolute atomic E-state index is 7.06. The van der Waals surface area contributed by atoms with E-state index in [1.54, 1.807) is 0 Å².